The number of hydroxylamine groups is 2. The van der Waals surface area contributed by atoms with E-state index in [-0.39, 0.29) is 30.3 Å². The number of ether oxygens (including phenoxy) is 2. The van der Waals surface area contributed by atoms with Crippen LogP contribution in [0.3, 0.4) is 0 Å². The Kier molecular flexibility index (Phi) is 6.58. The van der Waals surface area contributed by atoms with E-state index in [2.05, 4.69) is 0 Å². The number of sulfone groups is 1. The van der Waals surface area contributed by atoms with Gasteiger partial charge in [0, 0.05) is 6.42 Å². The van der Waals surface area contributed by atoms with Gasteiger partial charge in [0.05, 0.1) is 16.8 Å². The smallest absolute Gasteiger partial charge is 0.320 e. The summed E-state index contributed by atoms with van der Waals surface area (Å²) in [6, 6.07) is 9.63. The molecule has 1 heterocycles. The molecule has 3 rings (SSSR count). The van der Waals surface area contributed by atoms with Crippen molar-refractivity contribution in [3.8, 4) is 5.75 Å². The summed E-state index contributed by atoms with van der Waals surface area (Å²) < 4.78 is 49.6. The number of carbonyl (C=O) groups is 2. The molecule has 2 atom stereocenters. The molecular weight excluding hydrogens is 433 g/mol. The Hall–Kier alpha value is -3.02. The second-order valence-electron chi connectivity index (χ2n) is 6.98. The van der Waals surface area contributed by atoms with E-state index < -0.39 is 38.1 Å². The van der Waals surface area contributed by atoms with Gasteiger partial charge in [-0.05, 0) is 54.4 Å². The van der Waals surface area contributed by atoms with Crippen molar-refractivity contribution < 1.29 is 42.3 Å². The number of amides is 1. The second-order valence-corrected chi connectivity index (χ2v) is 9.14. The number of esters is 1. The van der Waals surface area contributed by atoms with Crippen molar-refractivity contribution >= 4 is 21.7 Å². The van der Waals surface area contributed by atoms with Gasteiger partial charge in [-0.2, -0.15) is 0 Å². The van der Waals surface area contributed by atoms with Crippen LogP contribution in [0, 0.1) is 18.7 Å². The van der Waals surface area contributed by atoms with E-state index in [0.717, 1.165) is 5.56 Å². The van der Waals surface area contributed by atoms with Gasteiger partial charge < -0.3 is 9.47 Å². The number of halogens is 1. The zero-order valence-corrected chi connectivity index (χ0v) is 17.2. The van der Waals surface area contributed by atoms with Crippen molar-refractivity contribution in [2.45, 2.75) is 30.1 Å². The molecule has 166 valence electrons. The first kappa shape index (κ1) is 22.7. The van der Waals surface area contributed by atoms with Gasteiger partial charge in [0.1, 0.15) is 18.2 Å². The first-order valence-electron chi connectivity index (χ1n) is 9.21. The molecule has 2 aromatic rings. The van der Waals surface area contributed by atoms with Crippen LogP contribution in [-0.2, 0) is 30.8 Å². The minimum absolute atomic E-state index is 0.145. The predicted octanol–water partition coefficient (Wildman–Crippen LogP) is 2.03. The van der Waals surface area contributed by atoms with E-state index in [1.165, 1.54) is 36.4 Å². The molecule has 2 N–H and O–H groups in total. The largest absolute Gasteiger partial charge is 0.489 e. The van der Waals surface area contributed by atoms with Gasteiger partial charge in [-0.1, -0.05) is 11.3 Å². The van der Waals surface area contributed by atoms with Crippen LogP contribution in [0.15, 0.2) is 47.4 Å². The Balaban J connectivity index is 1.78. The number of nitrogens with zero attached hydrogens (tertiary/aromatic N) is 1. The molecule has 0 aliphatic carbocycles. The van der Waals surface area contributed by atoms with E-state index in [4.69, 9.17) is 19.9 Å². The molecule has 0 saturated carbocycles. The number of hydrogen-bond donors (Lipinski definition) is 2. The van der Waals surface area contributed by atoms with Gasteiger partial charge in [0.25, 0.3) is 5.91 Å². The summed E-state index contributed by atoms with van der Waals surface area (Å²) >= 11 is 0. The summed E-state index contributed by atoms with van der Waals surface area (Å²) in [5.41, 5.74) is 1.47. The summed E-state index contributed by atoms with van der Waals surface area (Å²) in [4.78, 5) is 23.7. The highest BCUT2D eigenvalue weighted by atomic mass is 32.2. The minimum Gasteiger partial charge on any atom is -0.489 e. The molecule has 2 unspecified atom stereocenters. The SMILES string of the molecule is Cc1cc(F)ccc1COc1ccc(S(=O)(=O)C2CCOC(=O)C2C(=O)N(O)O)cc1. The molecule has 11 heteroatoms. The number of hydrogen-bond acceptors (Lipinski definition) is 8. The van der Waals surface area contributed by atoms with Crippen molar-refractivity contribution in [1.82, 2.24) is 5.23 Å². The van der Waals surface area contributed by atoms with Crippen molar-refractivity contribution in [1.29, 1.82) is 0 Å². The lowest BCUT2D eigenvalue weighted by molar-refractivity contribution is -0.288. The molecule has 1 saturated heterocycles. The first-order chi connectivity index (χ1) is 14.6. The summed E-state index contributed by atoms with van der Waals surface area (Å²) in [7, 11) is -4.19. The fourth-order valence-corrected chi connectivity index (χ4v) is 5.14. The Bertz CT molecular complexity index is 1080. The lowest BCUT2D eigenvalue weighted by Gasteiger charge is -2.29. The fourth-order valence-electron chi connectivity index (χ4n) is 3.29. The zero-order valence-electron chi connectivity index (χ0n) is 16.4. The van der Waals surface area contributed by atoms with Crippen LogP contribution in [0.25, 0.3) is 0 Å². The third-order valence-electron chi connectivity index (χ3n) is 4.99. The number of benzene rings is 2. The van der Waals surface area contributed by atoms with Gasteiger partial charge in [-0.25, -0.2) is 12.8 Å². The van der Waals surface area contributed by atoms with Crippen LogP contribution in [0.5, 0.6) is 5.75 Å². The van der Waals surface area contributed by atoms with Gasteiger partial charge in [-0.3, -0.25) is 20.0 Å². The molecule has 1 fully saturated rings. The normalized spacial score (nSPS) is 18.9. The molecule has 1 amide bonds. The van der Waals surface area contributed by atoms with E-state index in [1.54, 1.807) is 13.0 Å². The molecule has 0 radical (unpaired) electrons. The number of carbonyl (C=O) groups excluding carboxylic acids is 2. The lowest BCUT2D eigenvalue weighted by Crippen LogP contribution is -2.49. The van der Waals surface area contributed by atoms with Gasteiger partial charge >= 0.3 is 5.97 Å². The molecular formula is C20H20FNO8S. The van der Waals surface area contributed by atoms with Crippen LogP contribution in [0.1, 0.15) is 17.5 Å². The zero-order chi connectivity index (χ0) is 22.8. The predicted molar refractivity (Wildman–Crippen MR) is 102 cm³/mol. The standard InChI is InChI=1S/C20H20FNO8S/c1-12-10-14(21)3-2-13(12)11-30-15-4-6-16(7-5-15)31(27,28)17-8-9-29-20(24)18(17)19(23)22(25)26/h2-7,10,17-18,25-26H,8-9,11H2,1H3. The Morgan fingerprint density at radius 1 is 1.23 bits per heavy atom. The first-order valence-corrected chi connectivity index (χ1v) is 10.8. The lowest BCUT2D eigenvalue weighted by atomic mass is 10.00. The third kappa shape index (κ3) is 4.84. The Morgan fingerprint density at radius 3 is 2.52 bits per heavy atom. The van der Waals surface area contributed by atoms with E-state index in [0.29, 0.717) is 11.3 Å². The number of rotatable bonds is 6. The highest BCUT2D eigenvalue weighted by Crippen LogP contribution is 2.30. The van der Waals surface area contributed by atoms with Gasteiger partial charge in [-0.15, -0.1) is 0 Å². The van der Waals surface area contributed by atoms with Crippen molar-refractivity contribution in [2.75, 3.05) is 6.61 Å². The maximum atomic E-state index is 13.2. The molecule has 2 aromatic carbocycles. The number of cyclic esters (lactones) is 1. The van der Waals surface area contributed by atoms with E-state index in [1.807, 2.05) is 0 Å². The van der Waals surface area contributed by atoms with E-state index >= 15 is 0 Å². The molecule has 9 nitrogen and oxygen atoms in total. The number of aryl methyl sites for hydroxylation is 1. The van der Waals surface area contributed by atoms with Crippen molar-refractivity contribution in [3.63, 3.8) is 0 Å². The van der Waals surface area contributed by atoms with Gasteiger partial charge in [0.2, 0.25) is 0 Å². The highest BCUT2D eigenvalue weighted by Gasteiger charge is 2.48. The van der Waals surface area contributed by atoms with E-state index in [9.17, 15) is 22.4 Å². The quantitative estimate of drug-likeness (QED) is 0.294. The Labute approximate surface area is 177 Å². The summed E-state index contributed by atoms with van der Waals surface area (Å²) in [6.45, 7) is 1.66. The molecule has 0 bridgehead atoms. The molecule has 0 spiro atoms. The average molecular weight is 453 g/mol. The highest BCUT2D eigenvalue weighted by molar-refractivity contribution is 7.92. The summed E-state index contributed by atoms with van der Waals surface area (Å²) in [5.74, 6) is -4.54. The monoisotopic (exact) mass is 453 g/mol. The average Bonchev–Trinajstić information content (AvgIpc) is 2.72. The second kappa shape index (κ2) is 9.00. The van der Waals surface area contributed by atoms with Crippen LogP contribution >= 0.6 is 0 Å². The van der Waals surface area contributed by atoms with Crippen LogP contribution < -0.4 is 4.74 Å². The topological polar surface area (TPSA) is 130 Å². The maximum Gasteiger partial charge on any atom is 0.320 e. The maximum absolute atomic E-state index is 13.2. The third-order valence-corrected chi connectivity index (χ3v) is 7.22. The van der Waals surface area contributed by atoms with Crippen LogP contribution in [0.4, 0.5) is 4.39 Å². The van der Waals surface area contributed by atoms with Crippen molar-refractivity contribution in [2.24, 2.45) is 5.92 Å². The molecule has 1 aliphatic heterocycles. The fraction of sp³-hybridized carbons (Fsp3) is 0.300. The minimum atomic E-state index is -4.19. The van der Waals surface area contributed by atoms with Crippen molar-refractivity contribution in [3.05, 3.63) is 59.4 Å². The molecule has 1 aliphatic rings. The molecule has 0 aromatic heterocycles. The summed E-state index contributed by atoms with van der Waals surface area (Å²) in [5, 5.41) is 15.6. The summed E-state index contributed by atoms with van der Waals surface area (Å²) in [6.07, 6.45) is -0.180. The molecule has 31 heavy (non-hydrogen) atoms. The van der Waals surface area contributed by atoms with Gasteiger partial charge in [0.15, 0.2) is 15.8 Å². The van der Waals surface area contributed by atoms with Crippen LogP contribution in [0.2, 0.25) is 0 Å². The van der Waals surface area contributed by atoms with Crippen LogP contribution in [-0.4, -0.2) is 47.8 Å². The Morgan fingerprint density at radius 2 is 1.90 bits per heavy atom.